The summed E-state index contributed by atoms with van der Waals surface area (Å²) in [5.41, 5.74) is 5.87. The van der Waals surface area contributed by atoms with Gasteiger partial charge in [0.1, 0.15) is 0 Å². The predicted octanol–water partition coefficient (Wildman–Crippen LogP) is 1.08. The SMILES string of the molecule is CC1CN(CC(C)C(C)N)CCCO1. The summed E-state index contributed by atoms with van der Waals surface area (Å²) in [6.45, 7) is 10.7. The average Bonchev–Trinajstić information content (AvgIpc) is 2.29. The Morgan fingerprint density at radius 3 is 2.86 bits per heavy atom. The fraction of sp³-hybridized carbons (Fsp3) is 1.00. The molecule has 3 heteroatoms. The molecule has 0 aliphatic carbocycles. The van der Waals surface area contributed by atoms with Gasteiger partial charge in [-0.1, -0.05) is 6.92 Å². The van der Waals surface area contributed by atoms with Crippen LogP contribution in [-0.2, 0) is 4.74 Å². The van der Waals surface area contributed by atoms with E-state index in [1.807, 2.05) is 0 Å². The van der Waals surface area contributed by atoms with Crippen molar-refractivity contribution in [2.75, 3.05) is 26.2 Å². The van der Waals surface area contributed by atoms with E-state index >= 15 is 0 Å². The Hall–Kier alpha value is -0.120. The zero-order valence-electron chi connectivity index (χ0n) is 9.70. The molecule has 1 saturated heterocycles. The molecular formula is C11H24N2O. The van der Waals surface area contributed by atoms with Gasteiger partial charge >= 0.3 is 0 Å². The molecule has 84 valence electrons. The highest BCUT2D eigenvalue weighted by Gasteiger charge is 2.18. The predicted molar refractivity (Wildman–Crippen MR) is 59.3 cm³/mol. The van der Waals surface area contributed by atoms with E-state index in [1.165, 1.54) is 0 Å². The van der Waals surface area contributed by atoms with Crippen molar-refractivity contribution >= 4 is 0 Å². The quantitative estimate of drug-likeness (QED) is 0.741. The van der Waals surface area contributed by atoms with Crippen molar-refractivity contribution in [3.05, 3.63) is 0 Å². The van der Waals surface area contributed by atoms with E-state index in [0.29, 0.717) is 12.0 Å². The molecule has 1 aliphatic rings. The first-order valence-corrected chi connectivity index (χ1v) is 5.69. The van der Waals surface area contributed by atoms with Gasteiger partial charge < -0.3 is 15.4 Å². The summed E-state index contributed by atoms with van der Waals surface area (Å²) in [5.74, 6) is 0.570. The third kappa shape index (κ3) is 3.95. The van der Waals surface area contributed by atoms with Gasteiger partial charge in [0.15, 0.2) is 0 Å². The van der Waals surface area contributed by atoms with Crippen molar-refractivity contribution in [2.24, 2.45) is 11.7 Å². The molecular weight excluding hydrogens is 176 g/mol. The lowest BCUT2D eigenvalue weighted by molar-refractivity contribution is 0.0654. The van der Waals surface area contributed by atoms with Gasteiger partial charge in [0.25, 0.3) is 0 Å². The maximum atomic E-state index is 5.87. The zero-order valence-corrected chi connectivity index (χ0v) is 9.70. The summed E-state index contributed by atoms with van der Waals surface area (Å²) in [5, 5.41) is 0. The van der Waals surface area contributed by atoms with Crippen LogP contribution in [0.1, 0.15) is 27.2 Å². The number of nitrogens with zero attached hydrogens (tertiary/aromatic N) is 1. The number of hydrogen-bond acceptors (Lipinski definition) is 3. The highest BCUT2D eigenvalue weighted by atomic mass is 16.5. The van der Waals surface area contributed by atoms with Crippen molar-refractivity contribution in [1.29, 1.82) is 0 Å². The Morgan fingerprint density at radius 2 is 2.21 bits per heavy atom. The third-order valence-corrected chi connectivity index (χ3v) is 2.98. The van der Waals surface area contributed by atoms with E-state index < -0.39 is 0 Å². The highest BCUT2D eigenvalue weighted by Crippen LogP contribution is 2.09. The highest BCUT2D eigenvalue weighted by molar-refractivity contribution is 4.72. The van der Waals surface area contributed by atoms with Crippen LogP contribution in [0.3, 0.4) is 0 Å². The van der Waals surface area contributed by atoms with E-state index in [-0.39, 0.29) is 6.04 Å². The Kier molecular flexibility index (Phi) is 4.85. The Labute approximate surface area is 87.6 Å². The van der Waals surface area contributed by atoms with Crippen molar-refractivity contribution in [3.63, 3.8) is 0 Å². The minimum Gasteiger partial charge on any atom is -0.377 e. The Morgan fingerprint density at radius 1 is 1.50 bits per heavy atom. The first-order valence-electron chi connectivity index (χ1n) is 5.69. The van der Waals surface area contributed by atoms with E-state index in [9.17, 15) is 0 Å². The molecule has 14 heavy (non-hydrogen) atoms. The van der Waals surface area contributed by atoms with Gasteiger partial charge in [-0.15, -0.1) is 0 Å². The van der Waals surface area contributed by atoms with Gasteiger partial charge in [-0.2, -0.15) is 0 Å². The molecule has 0 aromatic rings. The smallest absolute Gasteiger partial charge is 0.0673 e. The van der Waals surface area contributed by atoms with Crippen LogP contribution in [0.15, 0.2) is 0 Å². The summed E-state index contributed by atoms with van der Waals surface area (Å²) < 4.78 is 5.60. The lowest BCUT2D eigenvalue weighted by Gasteiger charge is -2.26. The molecule has 1 heterocycles. The van der Waals surface area contributed by atoms with Crippen LogP contribution in [0, 0.1) is 5.92 Å². The molecule has 0 radical (unpaired) electrons. The van der Waals surface area contributed by atoms with Gasteiger partial charge in [-0.05, 0) is 26.2 Å². The summed E-state index contributed by atoms with van der Waals surface area (Å²) >= 11 is 0. The standard InChI is InChI=1S/C11H24N2O/c1-9(11(3)12)7-13-5-4-6-14-10(2)8-13/h9-11H,4-8,12H2,1-3H3. The molecule has 3 unspecified atom stereocenters. The van der Waals surface area contributed by atoms with E-state index in [1.54, 1.807) is 0 Å². The van der Waals surface area contributed by atoms with Crippen LogP contribution in [0.4, 0.5) is 0 Å². The fourth-order valence-corrected chi connectivity index (χ4v) is 1.82. The molecule has 0 amide bonds. The second kappa shape index (κ2) is 5.69. The average molecular weight is 200 g/mol. The van der Waals surface area contributed by atoms with Crippen LogP contribution < -0.4 is 5.73 Å². The minimum absolute atomic E-state index is 0.287. The number of rotatable bonds is 3. The molecule has 0 saturated carbocycles. The van der Waals surface area contributed by atoms with Gasteiger partial charge in [-0.25, -0.2) is 0 Å². The van der Waals surface area contributed by atoms with Crippen molar-refractivity contribution in [3.8, 4) is 0 Å². The molecule has 3 atom stereocenters. The lowest BCUT2D eigenvalue weighted by atomic mass is 10.0. The largest absolute Gasteiger partial charge is 0.377 e. The first-order chi connectivity index (χ1) is 6.59. The fourth-order valence-electron chi connectivity index (χ4n) is 1.82. The lowest BCUT2D eigenvalue weighted by Crippen LogP contribution is -2.39. The van der Waals surface area contributed by atoms with E-state index in [0.717, 1.165) is 32.7 Å². The van der Waals surface area contributed by atoms with Gasteiger partial charge in [0, 0.05) is 32.3 Å². The second-order valence-electron chi connectivity index (χ2n) is 4.63. The van der Waals surface area contributed by atoms with Crippen molar-refractivity contribution in [2.45, 2.75) is 39.3 Å². The number of hydrogen-bond donors (Lipinski definition) is 1. The van der Waals surface area contributed by atoms with E-state index in [4.69, 9.17) is 10.5 Å². The molecule has 0 aromatic carbocycles. The van der Waals surface area contributed by atoms with E-state index in [2.05, 4.69) is 25.7 Å². The van der Waals surface area contributed by atoms with Crippen molar-refractivity contribution < 1.29 is 4.74 Å². The van der Waals surface area contributed by atoms with Gasteiger partial charge in [-0.3, -0.25) is 0 Å². The van der Waals surface area contributed by atoms with Crippen LogP contribution in [0.5, 0.6) is 0 Å². The topological polar surface area (TPSA) is 38.5 Å². The van der Waals surface area contributed by atoms with Crippen LogP contribution in [0.25, 0.3) is 0 Å². The molecule has 0 bridgehead atoms. The molecule has 3 nitrogen and oxygen atoms in total. The minimum atomic E-state index is 0.287. The van der Waals surface area contributed by atoms with Crippen LogP contribution in [0.2, 0.25) is 0 Å². The molecule has 0 aromatic heterocycles. The number of ether oxygens (including phenoxy) is 1. The summed E-state index contributed by atoms with van der Waals surface area (Å²) in [4.78, 5) is 2.48. The molecule has 1 rings (SSSR count). The maximum Gasteiger partial charge on any atom is 0.0673 e. The Bertz CT molecular complexity index is 161. The van der Waals surface area contributed by atoms with Gasteiger partial charge in [0.05, 0.1) is 6.10 Å². The zero-order chi connectivity index (χ0) is 10.6. The first kappa shape index (κ1) is 12.0. The van der Waals surface area contributed by atoms with Crippen LogP contribution >= 0.6 is 0 Å². The van der Waals surface area contributed by atoms with Gasteiger partial charge in [0.2, 0.25) is 0 Å². The molecule has 1 aliphatic heterocycles. The Balaban J connectivity index is 2.34. The molecule has 2 N–H and O–H groups in total. The maximum absolute atomic E-state index is 5.87. The summed E-state index contributed by atoms with van der Waals surface area (Å²) in [6.07, 6.45) is 1.52. The normalized spacial score (nSPS) is 29.6. The van der Waals surface area contributed by atoms with Crippen LogP contribution in [-0.4, -0.2) is 43.3 Å². The molecule has 0 spiro atoms. The monoisotopic (exact) mass is 200 g/mol. The summed E-state index contributed by atoms with van der Waals surface area (Å²) in [7, 11) is 0. The van der Waals surface area contributed by atoms with Crippen molar-refractivity contribution in [1.82, 2.24) is 4.90 Å². The molecule has 1 fully saturated rings. The second-order valence-corrected chi connectivity index (χ2v) is 4.63. The summed E-state index contributed by atoms with van der Waals surface area (Å²) in [6, 6.07) is 0.287. The number of nitrogens with two attached hydrogens (primary N) is 1. The third-order valence-electron chi connectivity index (χ3n) is 2.98.